The van der Waals surface area contributed by atoms with E-state index < -0.39 is 24.0 Å². The van der Waals surface area contributed by atoms with Crippen molar-refractivity contribution in [1.82, 2.24) is 14.1 Å². The highest BCUT2D eigenvalue weighted by molar-refractivity contribution is 6.09. The Balaban J connectivity index is 1.15. The quantitative estimate of drug-likeness (QED) is 0.107. The summed E-state index contributed by atoms with van der Waals surface area (Å²) in [4.78, 5) is 4.82. The van der Waals surface area contributed by atoms with Crippen molar-refractivity contribution in [2.24, 2.45) is 5.92 Å². The minimum absolute atomic E-state index is 0.101. The zero-order valence-corrected chi connectivity index (χ0v) is 37.0. The van der Waals surface area contributed by atoms with Crippen molar-refractivity contribution in [3.8, 4) is 50.9 Å². The van der Waals surface area contributed by atoms with Gasteiger partial charge in [0.05, 0.1) is 29.3 Å². The Labute approximate surface area is 375 Å². The standard InChI is InChI=1S/C57H56N4O/c1-38(2)39(3)41-27-28-58-54(33-41)61-52-24-14-13-21-50(52)51-26-25-47(36-53(51)61)62-46-20-15-19-45(35-46)59-29-30-60(37-59)55-48(40-17-11-10-12-18-40)22-16-23-49(55)42-31-43(56(4,5)6)34-44(32-42)57(7,8)9/h10-36,38-39H,1-9H3/i10D,11D,12D,17D,18D,39D. The number of nitrogens with zero attached hydrogens (tertiary/aromatic N) is 4. The van der Waals surface area contributed by atoms with Gasteiger partial charge in [0.15, 0.2) is 0 Å². The van der Waals surface area contributed by atoms with Crippen molar-refractivity contribution in [2.45, 2.75) is 79.0 Å². The van der Waals surface area contributed by atoms with Crippen LogP contribution < -0.4 is 9.30 Å². The smallest absolute Gasteiger partial charge is 0.268 e. The van der Waals surface area contributed by atoms with E-state index in [1.807, 2.05) is 107 Å². The van der Waals surface area contributed by atoms with Gasteiger partial charge in [-0.3, -0.25) is 13.7 Å². The SMILES string of the molecule is [2H]c1c([2H])c([2H])c(-c2cccc(-c3cc(C(C)(C)C)cc(C(C)(C)C)c3)c2-[n+]2[c-]n(-c3cccc(Oc4ccc5c6ccccc6n(-c6cc(C([2H])(C)C(C)C)ccn6)c5c4)c3)cc2)c([2H])c1[2H]. The molecule has 0 radical (unpaired) electrons. The van der Waals surface area contributed by atoms with Crippen molar-refractivity contribution in [3.63, 3.8) is 0 Å². The Morgan fingerprint density at radius 3 is 2.08 bits per heavy atom. The Bertz CT molecular complexity index is 3360. The molecule has 310 valence electrons. The summed E-state index contributed by atoms with van der Waals surface area (Å²) in [6.45, 7) is 19.3. The van der Waals surface area contributed by atoms with Gasteiger partial charge in [0.1, 0.15) is 17.3 Å². The van der Waals surface area contributed by atoms with Crippen LogP contribution in [0.5, 0.6) is 11.5 Å². The molecule has 3 aromatic heterocycles. The van der Waals surface area contributed by atoms with E-state index in [2.05, 4.69) is 103 Å². The highest BCUT2D eigenvalue weighted by atomic mass is 16.5. The Hall–Kier alpha value is -6.72. The number of imidazole rings is 1. The highest BCUT2D eigenvalue weighted by Gasteiger charge is 2.24. The van der Waals surface area contributed by atoms with Crippen LogP contribution in [0.3, 0.4) is 0 Å². The summed E-state index contributed by atoms with van der Waals surface area (Å²) in [6, 6.07) is 36.7. The average Bonchev–Trinajstić information content (AvgIpc) is 3.93. The van der Waals surface area contributed by atoms with Crippen LogP contribution in [0.25, 0.3) is 61.3 Å². The molecule has 0 N–H and O–H groups in total. The van der Waals surface area contributed by atoms with Gasteiger partial charge in [-0.15, -0.1) is 0 Å². The van der Waals surface area contributed by atoms with E-state index in [1.54, 1.807) is 6.20 Å². The Kier molecular flexibility index (Phi) is 8.73. The lowest BCUT2D eigenvalue weighted by atomic mass is 9.78. The topological polar surface area (TPSA) is 35.9 Å². The van der Waals surface area contributed by atoms with Crippen LogP contribution >= 0.6 is 0 Å². The first-order valence-corrected chi connectivity index (χ1v) is 21.3. The molecule has 5 heteroatoms. The monoisotopic (exact) mass is 818 g/mol. The molecule has 62 heavy (non-hydrogen) atoms. The molecule has 5 nitrogen and oxygen atoms in total. The summed E-state index contributed by atoms with van der Waals surface area (Å²) >= 11 is 0. The van der Waals surface area contributed by atoms with Gasteiger partial charge < -0.3 is 4.74 Å². The van der Waals surface area contributed by atoms with Crippen molar-refractivity contribution in [1.29, 1.82) is 0 Å². The minimum atomic E-state index is -0.795. The van der Waals surface area contributed by atoms with E-state index in [9.17, 15) is 0 Å². The molecule has 0 saturated carbocycles. The number of hydrogen-bond donors (Lipinski definition) is 0. The highest BCUT2D eigenvalue weighted by Crippen LogP contribution is 2.39. The second-order valence-corrected chi connectivity index (χ2v) is 18.5. The maximum absolute atomic E-state index is 9.14. The van der Waals surface area contributed by atoms with Crippen molar-refractivity contribution in [3.05, 3.63) is 187 Å². The van der Waals surface area contributed by atoms with Gasteiger partial charge in [0.2, 0.25) is 0 Å². The van der Waals surface area contributed by atoms with Crippen molar-refractivity contribution in [2.75, 3.05) is 0 Å². The third-order valence-corrected chi connectivity index (χ3v) is 11.9. The third kappa shape index (κ3) is 7.84. The molecule has 0 bridgehead atoms. The normalized spacial score (nSPS) is 14.5. The van der Waals surface area contributed by atoms with Crippen LogP contribution in [0, 0.1) is 12.2 Å². The van der Waals surface area contributed by atoms with Crippen LogP contribution in [-0.2, 0) is 10.8 Å². The number of fused-ring (bicyclic) bond motifs is 3. The molecule has 3 heterocycles. The number of para-hydroxylation sites is 2. The molecule has 0 aliphatic heterocycles. The summed E-state index contributed by atoms with van der Waals surface area (Å²) in [5, 5.41) is 2.14. The average molecular weight is 819 g/mol. The number of benzene rings is 6. The fourth-order valence-corrected chi connectivity index (χ4v) is 8.07. The predicted octanol–water partition coefficient (Wildman–Crippen LogP) is 14.5. The zero-order chi connectivity index (χ0) is 48.6. The molecule has 1 atom stereocenters. The lowest BCUT2D eigenvalue weighted by Gasteiger charge is -2.27. The largest absolute Gasteiger partial charge is 0.458 e. The van der Waals surface area contributed by atoms with Gasteiger partial charge in [-0.05, 0) is 110 Å². The molecule has 6 aromatic carbocycles. The molecule has 0 saturated heterocycles. The van der Waals surface area contributed by atoms with Crippen LogP contribution in [-0.4, -0.2) is 14.1 Å². The molecular weight excluding hydrogens is 757 g/mol. The second-order valence-electron chi connectivity index (χ2n) is 18.5. The molecule has 9 aromatic rings. The molecule has 0 aliphatic carbocycles. The second kappa shape index (κ2) is 16.0. The van der Waals surface area contributed by atoms with E-state index in [4.69, 9.17) is 17.9 Å². The maximum atomic E-state index is 9.14. The van der Waals surface area contributed by atoms with Gasteiger partial charge >= 0.3 is 0 Å². The molecule has 1 unspecified atom stereocenters. The summed E-state index contributed by atoms with van der Waals surface area (Å²) in [5.41, 5.74) is 8.59. The van der Waals surface area contributed by atoms with E-state index in [-0.39, 0.29) is 34.4 Å². The van der Waals surface area contributed by atoms with Crippen LogP contribution in [0.1, 0.15) is 93.1 Å². The molecule has 0 spiro atoms. The number of ether oxygens (including phenoxy) is 1. The van der Waals surface area contributed by atoms with Crippen LogP contribution in [0.4, 0.5) is 0 Å². The van der Waals surface area contributed by atoms with E-state index in [0.717, 1.165) is 61.1 Å². The summed E-state index contributed by atoms with van der Waals surface area (Å²) in [7, 11) is 0. The van der Waals surface area contributed by atoms with E-state index in [0.29, 0.717) is 22.7 Å². The van der Waals surface area contributed by atoms with Crippen LogP contribution in [0.15, 0.2) is 164 Å². The molecule has 0 aliphatic rings. The fraction of sp³-hybridized carbons (Fsp3) is 0.228. The number of pyridine rings is 1. The molecule has 0 fully saturated rings. The number of hydrogen-bond acceptors (Lipinski definition) is 2. The van der Waals surface area contributed by atoms with Gasteiger partial charge in [0, 0.05) is 36.8 Å². The first kappa shape index (κ1) is 33.9. The summed E-state index contributed by atoms with van der Waals surface area (Å²) in [6.07, 6.45) is 9.07. The molecular formula is C57H56N4O. The van der Waals surface area contributed by atoms with Gasteiger partial charge in [-0.25, -0.2) is 4.98 Å². The molecule has 0 amide bonds. The Morgan fingerprint density at radius 1 is 0.677 bits per heavy atom. The Morgan fingerprint density at radius 2 is 1.35 bits per heavy atom. The van der Waals surface area contributed by atoms with E-state index >= 15 is 0 Å². The first-order valence-electron chi connectivity index (χ1n) is 24.3. The minimum Gasteiger partial charge on any atom is -0.458 e. The van der Waals surface area contributed by atoms with Crippen molar-refractivity contribution >= 4 is 21.8 Å². The summed E-state index contributed by atoms with van der Waals surface area (Å²) < 4.78 is 65.3. The van der Waals surface area contributed by atoms with Gasteiger partial charge in [-0.2, -0.15) is 0 Å². The summed E-state index contributed by atoms with van der Waals surface area (Å²) in [5.74, 6) is 1.28. The number of aromatic nitrogens is 4. The van der Waals surface area contributed by atoms with Gasteiger partial charge in [0.25, 0.3) is 6.33 Å². The first-order chi connectivity index (χ1) is 32.1. The van der Waals surface area contributed by atoms with E-state index in [1.165, 1.54) is 0 Å². The third-order valence-electron chi connectivity index (χ3n) is 11.9. The molecule has 9 rings (SSSR count). The lowest BCUT2D eigenvalue weighted by Crippen LogP contribution is -2.30. The maximum Gasteiger partial charge on any atom is 0.268 e. The number of rotatable bonds is 9. The van der Waals surface area contributed by atoms with Crippen molar-refractivity contribution < 1.29 is 17.5 Å². The lowest BCUT2D eigenvalue weighted by molar-refractivity contribution is -0.598. The van der Waals surface area contributed by atoms with Crippen LogP contribution in [0.2, 0.25) is 0 Å². The zero-order valence-electron chi connectivity index (χ0n) is 43.0. The van der Waals surface area contributed by atoms with Gasteiger partial charge in [-0.1, -0.05) is 153 Å². The fourth-order valence-electron chi connectivity index (χ4n) is 8.07. The predicted molar refractivity (Wildman–Crippen MR) is 256 cm³/mol.